The van der Waals surface area contributed by atoms with Crippen LogP contribution in [0.4, 0.5) is 26.0 Å². The second-order valence-corrected chi connectivity index (χ2v) is 10.6. The van der Waals surface area contributed by atoms with Crippen molar-refractivity contribution in [1.82, 2.24) is 9.97 Å². The molecule has 0 saturated carbocycles. The van der Waals surface area contributed by atoms with Crippen LogP contribution in [0, 0.1) is 11.6 Å². The summed E-state index contributed by atoms with van der Waals surface area (Å²) in [6, 6.07) is 24.5. The zero-order valence-corrected chi connectivity index (χ0v) is 24.4. The van der Waals surface area contributed by atoms with Crippen molar-refractivity contribution >= 4 is 57.5 Å². The number of ether oxygens (including phenoxy) is 1. The molecule has 0 fully saturated rings. The van der Waals surface area contributed by atoms with Crippen molar-refractivity contribution in [2.75, 3.05) is 10.6 Å². The van der Waals surface area contributed by atoms with Crippen molar-refractivity contribution in [3.05, 3.63) is 131 Å². The van der Waals surface area contributed by atoms with Gasteiger partial charge >= 0.3 is 0 Å². The van der Waals surface area contributed by atoms with Crippen LogP contribution in [0.1, 0.15) is 16.9 Å². The van der Waals surface area contributed by atoms with Crippen molar-refractivity contribution in [3.8, 4) is 17.1 Å². The summed E-state index contributed by atoms with van der Waals surface area (Å²) in [4.78, 5) is 21.0. The van der Waals surface area contributed by atoms with E-state index >= 15 is 0 Å². The average molecular weight is 635 g/mol. The molecule has 0 saturated heterocycles. The molecule has 0 bridgehead atoms. The molecule has 0 aliphatic carbocycles. The minimum absolute atomic E-state index is 0.0133. The Morgan fingerprint density at radius 3 is 2.72 bits per heavy atom. The number of nitrogens with one attached hydrogen (secondary N) is 2. The largest absolute Gasteiger partial charge is 0.487 e. The molecule has 6 aromatic rings. The molecule has 12 heteroatoms. The summed E-state index contributed by atoms with van der Waals surface area (Å²) in [6.07, 6.45) is 2.83. The van der Waals surface area contributed by atoms with E-state index in [1.807, 2.05) is 18.2 Å². The second kappa shape index (κ2) is 12.2. The van der Waals surface area contributed by atoms with E-state index in [2.05, 4.69) is 30.8 Å². The van der Waals surface area contributed by atoms with E-state index in [1.54, 1.807) is 42.5 Å². The molecule has 0 atom stereocenters. The predicted octanol–water partition coefficient (Wildman–Crippen LogP) is 7.92. The summed E-state index contributed by atoms with van der Waals surface area (Å²) in [5.74, 6) is 0.683. The summed E-state index contributed by atoms with van der Waals surface area (Å²) in [5.41, 5.74) is 3.66. The van der Waals surface area contributed by atoms with E-state index in [0.29, 0.717) is 56.1 Å². The van der Waals surface area contributed by atoms with E-state index in [9.17, 15) is 13.6 Å². The fourth-order valence-electron chi connectivity index (χ4n) is 4.88. The summed E-state index contributed by atoms with van der Waals surface area (Å²) in [5, 5.41) is 15.0. The Labute approximate surface area is 265 Å². The summed E-state index contributed by atoms with van der Waals surface area (Å²) in [6.45, 7) is 0.172. The Morgan fingerprint density at radius 1 is 0.957 bits per heavy atom. The number of hydrogen-bond acceptors (Lipinski definition) is 8. The minimum Gasteiger partial charge on any atom is -0.487 e. The number of anilines is 3. The topological polar surface area (TPSA) is 114 Å². The van der Waals surface area contributed by atoms with Crippen molar-refractivity contribution in [1.29, 1.82) is 0 Å². The van der Waals surface area contributed by atoms with Crippen LogP contribution in [0.15, 0.2) is 112 Å². The molecule has 1 aliphatic heterocycles. The highest BCUT2D eigenvalue weighted by atomic mass is 35.5. The SMILES string of the molecule is O=C1Nc2ccc(F)cc2/C1=N\N=C\c1ccc(-c2ccc3ncnc(Nc4ccc(OCc5cccc(F)c5)c(Cl)c4)c3c2)o1. The number of halogens is 3. The highest BCUT2D eigenvalue weighted by Crippen LogP contribution is 2.33. The first-order chi connectivity index (χ1) is 22.4. The van der Waals surface area contributed by atoms with Gasteiger partial charge in [-0.3, -0.25) is 4.79 Å². The number of rotatable bonds is 8. The van der Waals surface area contributed by atoms with Crippen LogP contribution in [0.3, 0.4) is 0 Å². The van der Waals surface area contributed by atoms with E-state index in [-0.39, 0.29) is 18.1 Å². The van der Waals surface area contributed by atoms with E-state index < -0.39 is 11.7 Å². The molecule has 4 aromatic carbocycles. The third-order valence-corrected chi connectivity index (χ3v) is 7.36. The quantitative estimate of drug-likeness (QED) is 0.130. The summed E-state index contributed by atoms with van der Waals surface area (Å²) in [7, 11) is 0. The predicted molar refractivity (Wildman–Crippen MR) is 172 cm³/mol. The van der Waals surface area contributed by atoms with E-state index in [4.69, 9.17) is 20.8 Å². The van der Waals surface area contributed by atoms with Gasteiger partial charge in [-0.2, -0.15) is 5.10 Å². The Kier molecular flexibility index (Phi) is 7.65. The lowest BCUT2D eigenvalue weighted by Crippen LogP contribution is -2.13. The first-order valence-electron chi connectivity index (χ1n) is 13.9. The highest BCUT2D eigenvalue weighted by Gasteiger charge is 2.26. The van der Waals surface area contributed by atoms with Crippen LogP contribution in [0.2, 0.25) is 5.02 Å². The van der Waals surface area contributed by atoms with Gasteiger partial charge in [0, 0.05) is 22.2 Å². The third-order valence-electron chi connectivity index (χ3n) is 7.07. The fourth-order valence-corrected chi connectivity index (χ4v) is 5.11. The first-order valence-corrected chi connectivity index (χ1v) is 14.3. The normalized spacial score (nSPS) is 13.4. The van der Waals surface area contributed by atoms with Crippen LogP contribution in [0.5, 0.6) is 5.75 Å². The van der Waals surface area contributed by atoms with Gasteiger partial charge in [-0.05, 0) is 84.4 Å². The standard InChI is InChI=1S/C34H21ClF2N6O3/c35-27-15-23(6-10-31(27)45-17-19-2-1-3-21(36)12-19)41-33-26-13-20(4-8-28(26)38-18-39-33)30-11-7-24(46-30)16-40-43-32-25-14-22(37)5-9-29(25)42-34(32)44/h1-16,18H,17H2,(H,38,39,41)(H,42,43,44)/b40-16+. The molecule has 0 radical (unpaired) electrons. The maximum absolute atomic E-state index is 13.7. The van der Waals surface area contributed by atoms with Gasteiger partial charge in [-0.15, -0.1) is 5.10 Å². The molecule has 3 heterocycles. The van der Waals surface area contributed by atoms with Crippen molar-refractivity contribution in [3.63, 3.8) is 0 Å². The molecule has 2 aromatic heterocycles. The van der Waals surface area contributed by atoms with E-state index in [1.165, 1.54) is 42.9 Å². The molecular formula is C34H21ClF2N6O3. The second-order valence-electron chi connectivity index (χ2n) is 10.2. The van der Waals surface area contributed by atoms with E-state index in [0.717, 1.165) is 10.9 Å². The highest BCUT2D eigenvalue weighted by molar-refractivity contribution is 6.53. The van der Waals surface area contributed by atoms with Crippen LogP contribution in [-0.4, -0.2) is 27.8 Å². The Morgan fingerprint density at radius 2 is 1.85 bits per heavy atom. The Bertz CT molecular complexity index is 2200. The van der Waals surface area contributed by atoms with Crippen molar-refractivity contribution in [2.24, 2.45) is 10.2 Å². The van der Waals surface area contributed by atoms with Crippen LogP contribution >= 0.6 is 11.6 Å². The van der Waals surface area contributed by atoms with Gasteiger partial charge in [0.15, 0.2) is 5.71 Å². The molecule has 1 aliphatic rings. The number of carbonyl (C=O) groups excluding carboxylic acids is 1. The zero-order valence-electron chi connectivity index (χ0n) is 23.7. The monoisotopic (exact) mass is 634 g/mol. The molecule has 46 heavy (non-hydrogen) atoms. The van der Waals surface area contributed by atoms with Crippen LogP contribution < -0.4 is 15.4 Å². The van der Waals surface area contributed by atoms with Crippen LogP contribution in [0.25, 0.3) is 22.2 Å². The smallest absolute Gasteiger partial charge is 0.276 e. The van der Waals surface area contributed by atoms with Crippen molar-refractivity contribution in [2.45, 2.75) is 6.61 Å². The summed E-state index contributed by atoms with van der Waals surface area (Å²) >= 11 is 6.49. The minimum atomic E-state index is -0.479. The number of benzene rings is 4. The van der Waals surface area contributed by atoms with Gasteiger partial charge in [0.05, 0.1) is 22.4 Å². The van der Waals surface area contributed by atoms with Gasteiger partial charge in [0.25, 0.3) is 5.91 Å². The summed E-state index contributed by atoms with van der Waals surface area (Å²) < 4.78 is 38.9. The molecule has 226 valence electrons. The molecule has 0 unspecified atom stereocenters. The average Bonchev–Trinajstić information content (AvgIpc) is 3.64. The van der Waals surface area contributed by atoms with Gasteiger partial charge in [-0.25, -0.2) is 18.7 Å². The lowest BCUT2D eigenvalue weighted by molar-refractivity contribution is -0.110. The molecular weight excluding hydrogens is 614 g/mol. The van der Waals surface area contributed by atoms with Gasteiger partial charge < -0.3 is 19.8 Å². The number of fused-ring (bicyclic) bond motifs is 2. The number of hydrogen-bond donors (Lipinski definition) is 2. The molecule has 0 spiro atoms. The fraction of sp³-hybridized carbons (Fsp3) is 0.0294. The number of carbonyl (C=O) groups is 1. The number of nitrogens with zero attached hydrogens (tertiary/aromatic N) is 4. The lowest BCUT2D eigenvalue weighted by atomic mass is 10.1. The maximum atomic E-state index is 13.7. The van der Waals surface area contributed by atoms with Crippen LogP contribution in [-0.2, 0) is 11.4 Å². The Hall–Kier alpha value is -5.94. The zero-order chi connectivity index (χ0) is 31.6. The van der Waals surface area contributed by atoms with Gasteiger partial charge in [-0.1, -0.05) is 23.7 Å². The van der Waals surface area contributed by atoms with Gasteiger partial charge in [0.1, 0.15) is 47.7 Å². The number of aromatic nitrogens is 2. The maximum Gasteiger partial charge on any atom is 0.276 e. The van der Waals surface area contributed by atoms with Crippen molar-refractivity contribution < 1.29 is 22.7 Å². The number of amides is 1. The first kappa shape index (κ1) is 28.8. The number of furan rings is 1. The third kappa shape index (κ3) is 6.04. The molecule has 9 nitrogen and oxygen atoms in total. The molecule has 1 amide bonds. The van der Waals surface area contributed by atoms with Gasteiger partial charge in [0.2, 0.25) is 0 Å². The molecule has 7 rings (SSSR count). The Balaban J connectivity index is 1.08. The lowest BCUT2D eigenvalue weighted by Gasteiger charge is -2.12. The molecule has 2 N–H and O–H groups in total.